The maximum Gasteiger partial charge on any atom is 0.137 e. The Kier molecular flexibility index (Phi) is 6.65. The molecule has 0 unspecified atom stereocenters. The average Bonchev–Trinajstić information content (AvgIpc) is 3.18. The number of nitrogens with one attached hydrogen (secondary N) is 1. The van der Waals surface area contributed by atoms with Crippen LogP contribution in [0.2, 0.25) is 0 Å². The fourth-order valence-electron chi connectivity index (χ4n) is 3.25. The van der Waals surface area contributed by atoms with Crippen molar-refractivity contribution in [3.05, 3.63) is 65.9 Å². The number of aromatic nitrogens is 2. The van der Waals surface area contributed by atoms with Gasteiger partial charge in [-0.05, 0) is 42.4 Å². The third-order valence-corrected chi connectivity index (χ3v) is 4.96. The molecule has 3 aromatic rings. The van der Waals surface area contributed by atoms with Crippen molar-refractivity contribution in [1.82, 2.24) is 9.97 Å². The SMILES string of the molecule is CCCCCc1ccc(-c2ncc(-c3ccc(CCCC)cc3)[nH]2)cc1. The van der Waals surface area contributed by atoms with Gasteiger partial charge < -0.3 is 4.98 Å². The molecule has 0 saturated carbocycles. The Morgan fingerprint density at radius 2 is 1.27 bits per heavy atom. The van der Waals surface area contributed by atoms with E-state index in [2.05, 4.69) is 72.3 Å². The molecule has 0 aliphatic heterocycles. The summed E-state index contributed by atoms with van der Waals surface area (Å²) in [5.74, 6) is 0.940. The predicted octanol–water partition coefficient (Wildman–Crippen LogP) is 6.82. The summed E-state index contributed by atoms with van der Waals surface area (Å²) in [5.41, 5.74) is 6.25. The van der Waals surface area contributed by atoms with Crippen LogP contribution in [0.15, 0.2) is 54.7 Å². The number of benzene rings is 2. The number of aryl methyl sites for hydroxylation is 2. The molecule has 0 fully saturated rings. The molecule has 1 heterocycles. The fourth-order valence-corrected chi connectivity index (χ4v) is 3.25. The van der Waals surface area contributed by atoms with Gasteiger partial charge >= 0.3 is 0 Å². The van der Waals surface area contributed by atoms with Crippen molar-refractivity contribution in [1.29, 1.82) is 0 Å². The lowest BCUT2D eigenvalue weighted by atomic mass is 10.0. The van der Waals surface area contributed by atoms with Crippen molar-refractivity contribution in [2.75, 3.05) is 0 Å². The van der Waals surface area contributed by atoms with Gasteiger partial charge in [0.05, 0.1) is 11.9 Å². The molecule has 0 radical (unpaired) electrons. The Labute approximate surface area is 157 Å². The summed E-state index contributed by atoms with van der Waals surface area (Å²) in [5, 5.41) is 0. The molecule has 0 bridgehead atoms. The second-order valence-electron chi connectivity index (χ2n) is 7.10. The van der Waals surface area contributed by atoms with E-state index in [9.17, 15) is 0 Å². The molecular weight excluding hydrogens is 316 g/mol. The molecule has 1 N–H and O–H groups in total. The summed E-state index contributed by atoms with van der Waals surface area (Å²) < 4.78 is 0. The smallest absolute Gasteiger partial charge is 0.137 e. The molecule has 2 heteroatoms. The van der Waals surface area contributed by atoms with E-state index < -0.39 is 0 Å². The average molecular weight is 347 g/mol. The number of H-pyrrole nitrogens is 1. The van der Waals surface area contributed by atoms with Crippen molar-refractivity contribution in [2.24, 2.45) is 0 Å². The summed E-state index contributed by atoms with van der Waals surface area (Å²) >= 11 is 0. The number of rotatable bonds is 9. The zero-order chi connectivity index (χ0) is 18.2. The number of imidazole rings is 1. The molecule has 0 aliphatic rings. The third-order valence-electron chi connectivity index (χ3n) is 4.96. The maximum absolute atomic E-state index is 4.58. The molecule has 0 atom stereocenters. The lowest BCUT2D eigenvalue weighted by Gasteiger charge is -2.03. The molecule has 26 heavy (non-hydrogen) atoms. The van der Waals surface area contributed by atoms with E-state index >= 15 is 0 Å². The summed E-state index contributed by atoms with van der Waals surface area (Å²) in [6.07, 6.45) is 10.6. The molecular formula is C24H30N2. The molecule has 0 aliphatic carbocycles. The Bertz CT molecular complexity index is 782. The van der Waals surface area contributed by atoms with E-state index in [-0.39, 0.29) is 0 Å². The minimum atomic E-state index is 0.940. The van der Waals surface area contributed by atoms with Crippen LogP contribution in [0.4, 0.5) is 0 Å². The van der Waals surface area contributed by atoms with Gasteiger partial charge in [0.25, 0.3) is 0 Å². The van der Waals surface area contributed by atoms with E-state index in [0.29, 0.717) is 0 Å². The zero-order valence-electron chi connectivity index (χ0n) is 16.1. The van der Waals surface area contributed by atoms with Crippen LogP contribution < -0.4 is 0 Å². The molecule has 1 aromatic heterocycles. The van der Waals surface area contributed by atoms with Gasteiger partial charge in [-0.1, -0.05) is 81.6 Å². The van der Waals surface area contributed by atoms with Crippen LogP contribution in [0, 0.1) is 0 Å². The topological polar surface area (TPSA) is 28.7 Å². The summed E-state index contributed by atoms with van der Waals surface area (Å²) in [4.78, 5) is 8.05. The third kappa shape index (κ3) is 4.85. The summed E-state index contributed by atoms with van der Waals surface area (Å²) in [6, 6.07) is 17.7. The quantitative estimate of drug-likeness (QED) is 0.423. The van der Waals surface area contributed by atoms with Crippen molar-refractivity contribution in [3.63, 3.8) is 0 Å². The van der Waals surface area contributed by atoms with Crippen molar-refractivity contribution < 1.29 is 0 Å². The number of hydrogen-bond donors (Lipinski definition) is 1. The first-order valence-corrected chi connectivity index (χ1v) is 10.0. The molecule has 0 amide bonds. The second kappa shape index (κ2) is 9.38. The van der Waals surface area contributed by atoms with Crippen LogP contribution in [0.5, 0.6) is 0 Å². The van der Waals surface area contributed by atoms with Gasteiger partial charge in [-0.2, -0.15) is 0 Å². The zero-order valence-corrected chi connectivity index (χ0v) is 16.1. The monoisotopic (exact) mass is 346 g/mol. The van der Waals surface area contributed by atoms with E-state index in [1.807, 2.05) is 6.20 Å². The standard InChI is InChI=1S/C24H30N2/c1-3-5-7-9-20-12-16-22(17-13-20)24-25-18-23(26-24)21-14-10-19(11-15-21)8-6-4-2/h10-18H,3-9H2,1-2H3,(H,25,26). The summed E-state index contributed by atoms with van der Waals surface area (Å²) in [7, 11) is 0. The van der Waals surface area contributed by atoms with Crippen LogP contribution in [-0.4, -0.2) is 9.97 Å². The fraction of sp³-hybridized carbons (Fsp3) is 0.375. The first-order chi connectivity index (χ1) is 12.8. The first kappa shape index (κ1) is 18.4. The van der Waals surface area contributed by atoms with Crippen LogP contribution in [-0.2, 0) is 12.8 Å². The van der Waals surface area contributed by atoms with Gasteiger partial charge in [0.1, 0.15) is 5.82 Å². The van der Waals surface area contributed by atoms with Crippen LogP contribution in [0.25, 0.3) is 22.6 Å². The van der Waals surface area contributed by atoms with E-state index in [1.54, 1.807) is 0 Å². The lowest BCUT2D eigenvalue weighted by Crippen LogP contribution is -1.87. The predicted molar refractivity (Wildman–Crippen MR) is 111 cm³/mol. The van der Waals surface area contributed by atoms with Gasteiger partial charge in [0, 0.05) is 5.56 Å². The van der Waals surface area contributed by atoms with Crippen LogP contribution in [0.1, 0.15) is 57.1 Å². The maximum atomic E-state index is 4.58. The van der Waals surface area contributed by atoms with Crippen molar-refractivity contribution >= 4 is 0 Å². The van der Waals surface area contributed by atoms with Crippen LogP contribution >= 0.6 is 0 Å². The normalized spacial score (nSPS) is 11.0. The van der Waals surface area contributed by atoms with Gasteiger partial charge in [-0.3, -0.25) is 0 Å². The Hall–Kier alpha value is -2.35. The molecule has 136 valence electrons. The first-order valence-electron chi connectivity index (χ1n) is 10.0. The van der Waals surface area contributed by atoms with E-state index in [0.717, 1.165) is 23.5 Å². The Morgan fingerprint density at radius 1 is 0.692 bits per heavy atom. The Morgan fingerprint density at radius 3 is 1.88 bits per heavy atom. The molecule has 2 aromatic carbocycles. The highest BCUT2D eigenvalue weighted by atomic mass is 14.9. The largest absolute Gasteiger partial charge is 0.338 e. The minimum Gasteiger partial charge on any atom is -0.338 e. The highest BCUT2D eigenvalue weighted by Gasteiger charge is 2.06. The summed E-state index contributed by atoms with van der Waals surface area (Å²) in [6.45, 7) is 4.48. The molecule has 3 rings (SSSR count). The number of unbranched alkanes of at least 4 members (excludes halogenated alkanes) is 3. The molecule has 0 saturated heterocycles. The number of aromatic amines is 1. The number of hydrogen-bond acceptors (Lipinski definition) is 1. The van der Waals surface area contributed by atoms with Gasteiger partial charge in [0.2, 0.25) is 0 Å². The van der Waals surface area contributed by atoms with Crippen molar-refractivity contribution in [2.45, 2.75) is 58.8 Å². The van der Waals surface area contributed by atoms with E-state index in [4.69, 9.17) is 0 Å². The second-order valence-corrected chi connectivity index (χ2v) is 7.10. The lowest BCUT2D eigenvalue weighted by molar-refractivity contribution is 0.717. The number of nitrogens with zero attached hydrogens (tertiary/aromatic N) is 1. The van der Waals surface area contributed by atoms with Gasteiger partial charge in [0.15, 0.2) is 0 Å². The van der Waals surface area contributed by atoms with Gasteiger partial charge in [-0.25, -0.2) is 4.98 Å². The highest BCUT2D eigenvalue weighted by molar-refractivity contribution is 5.64. The van der Waals surface area contributed by atoms with Crippen molar-refractivity contribution in [3.8, 4) is 22.6 Å². The minimum absolute atomic E-state index is 0.940. The Balaban J connectivity index is 1.67. The molecule has 0 spiro atoms. The molecule has 2 nitrogen and oxygen atoms in total. The van der Waals surface area contributed by atoms with Gasteiger partial charge in [-0.15, -0.1) is 0 Å². The highest BCUT2D eigenvalue weighted by Crippen LogP contribution is 2.23. The van der Waals surface area contributed by atoms with E-state index in [1.165, 1.54) is 55.2 Å². The van der Waals surface area contributed by atoms with Crippen LogP contribution in [0.3, 0.4) is 0 Å².